The summed E-state index contributed by atoms with van der Waals surface area (Å²) in [7, 11) is -3.64. The van der Waals surface area contributed by atoms with Crippen molar-refractivity contribution in [1.82, 2.24) is 0 Å². The Hall–Kier alpha value is -1.63. The Balaban J connectivity index is 3.70. The predicted molar refractivity (Wildman–Crippen MR) is 55.4 cm³/mol. The summed E-state index contributed by atoms with van der Waals surface area (Å²) >= 11 is 0. The third-order valence-corrected chi connectivity index (χ3v) is 3.11. The van der Waals surface area contributed by atoms with Crippen molar-refractivity contribution >= 4 is 21.2 Å². The Morgan fingerprint density at radius 1 is 1.40 bits per heavy atom. The van der Waals surface area contributed by atoms with E-state index in [9.17, 15) is 18.5 Å². The fourth-order valence-corrected chi connectivity index (χ4v) is 2.03. The van der Waals surface area contributed by atoms with E-state index in [0.29, 0.717) is 5.56 Å². The number of aryl methyl sites for hydroxylation is 1. The Morgan fingerprint density at radius 2 is 1.93 bits per heavy atom. The number of anilines is 1. The second-order valence-electron chi connectivity index (χ2n) is 3.17. The quantitative estimate of drug-likeness (QED) is 0.461. The molecule has 0 fully saturated rings. The largest absolute Gasteiger partial charge is 0.393 e. The molecule has 0 spiro atoms. The lowest BCUT2D eigenvalue weighted by Crippen LogP contribution is -2.06. The van der Waals surface area contributed by atoms with Gasteiger partial charge in [0.05, 0.1) is 4.92 Å². The van der Waals surface area contributed by atoms with E-state index in [1.807, 2.05) is 0 Å². The Labute approximate surface area is 86.8 Å². The molecule has 2 N–H and O–H groups in total. The Kier molecular flexibility index (Phi) is 2.67. The van der Waals surface area contributed by atoms with Crippen molar-refractivity contribution in [3.8, 4) is 0 Å². The molecule has 0 atom stereocenters. The molecule has 0 saturated carbocycles. The topological polar surface area (TPSA) is 103 Å². The molecule has 0 aromatic heterocycles. The molecule has 0 aliphatic rings. The van der Waals surface area contributed by atoms with Crippen LogP contribution in [0.4, 0.5) is 11.4 Å². The summed E-state index contributed by atoms with van der Waals surface area (Å²) in [6.07, 6.45) is 0.907. The van der Waals surface area contributed by atoms with Gasteiger partial charge in [0.25, 0.3) is 0 Å². The Bertz CT molecular complexity index is 522. The SMILES string of the molecule is Cc1ccc(S(C)(=O)=O)c([N+](=O)[O-])c1N. The Morgan fingerprint density at radius 3 is 2.33 bits per heavy atom. The van der Waals surface area contributed by atoms with E-state index in [0.717, 1.165) is 6.26 Å². The van der Waals surface area contributed by atoms with E-state index in [1.54, 1.807) is 6.92 Å². The molecule has 0 bridgehead atoms. The van der Waals surface area contributed by atoms with Crippen LogP contribution >= 0.6 is 0 Å². The normalized spacial score (nSPS) is 11.3. The molecule has 0 aliphatic heterocycles. The number of hydrogen-bond donors (Lipinski definition) is 1. The zero-order chi connectivity index (χ0) is 11.8. The summed E-state index contributed by atoms with van der Waals surface area (Å²) in [5.41, 5.74) is 5.30. The summed E-state index contributed by atoms with van der Waals surface area (Å²) in [6.45, 7) is 1.58. The third kappa shape index (κ3) is 2.07. The number of nitrogens with two attached hydrogens (primary N) is 1. The van der Waals surface area contributed by atoms with Crippen LogP contribution < -0.4 is 5.73 Å². The summed E-state index contributed by atoms with van der Waals surface area (Å²) < 4.78 is 22.5. The van der Waals surface area contributed by atoms with E-state index in [1.165, 1.54) is 12.1 Å². The second kappa shape index (κ2) is 3.50. The van der Waals surface area contributed by atoms with Gasteiger partial charge in [-0.1, -0.05) is 6.07 Å². The molecular formula is C8H10N2O4S. The number of rotatable bonds is 2. The van der Waals surface area contributed by atoms with Crippen LogP contribution in [0.1, 0.15) is 5.56 Å². The van der Waals surface area contributed by atoms with Gasteiger partial charge in [-0.3, -0.25) is 10.1 Å². The standard InChI is InChI=1S/C8H10N2O4S/c1-5-3-4-6(15(2,13)14)8(7(5)9)10(11)12/h3-4H,9H2,1-2H3. The third-order valence-electron chi connectivity index (χ3n) is 1.98. The molecular weight excluding hydrogens is 220 g/mol. The number of benzene rings is 1. The first kappa shape index (κ1) is 11.4. The zero-order valence-corrected chi connectivity index (χ0v) is 9.04. The van der Waals surface area contributed by atoms with Crippen molar-refractivity contribution in [3.63, 3.8) is 0 Å². The molecule has 15 heavy (non-hydrogen) atoms. The lowest BCUT2D eigenvalue weighted by molar-refractivity contribution is -0.386. The highest BCUT2D eigenvalue weighted by Gasteiger charge is 2.25. The molecule has 1 rings (SSSR count). The highest BCUT2D eigenvalue weighted by atomic mass is 32.2. The maximum atomic E-state index is 11.3. The lowest BCUT2D eigenvalue weighted by Gasteiger charge is -2.05. The van der Waals surface area contributed by atoms with Crippen LogP contribution in [0.25, 0.3) is 0 Å². The summed E-state index contributed by atoms with van der Waals surface area (Å²) in [5, 5.41) is 10.7. The molecule has 6 nitrogen and oxygen atoms in total. The monoisotopic (exact) mass is 230 g/mol. The highest BCUT2D eigenvalue weighted by molar-refractivity contribution is 7.90. The molecule has 0 radical (unpaired) electrons. The minimum Gasteiger partial charge on any atom is -0.393 e. The van der Waals surface area contributed by atoms with Crippen LogP contribution in [-0.2, 0) is 9.84 Å². The molecule has 0 unspecified atom stereocenters. The molecule has 0 aliphatic carbocycles. The van der Waals surface area contributed by atoms with Crippen molar-refractivity contribution in [2.45, 2.75) is 11.8 Å². The van der Waals surface area contributed by atoms with Crippen molar-refractivity contribution in [2.24, 2.45) is 0 Å². The van der Waals surface area contributed by atoms with Crippen LogP contribution in [0.2, 0.25) is 0 Å². The van der Waals surface area contributed by atoms with E-state index in [4.69, 9.17) is 5.73 Å². The van der Waals surface area contributed by atoms with Crippen molar-refractivity contribution in [1.29, 1.82) is 0 Å². The van der Waals surface area contributed by atoms with Gasteiger partial charge < -0.3 is 5.73 Å². The van der Waals surface area contributed by atoms with Crippen molar-refractivity contribution in [2.75, 3.05) is 12.0 Å². The fraction of sp³-hybridized carbons (Fsp3) is 0.250. The molecule has 0 heterocycles. The van der Waals surface area contributed by atoms with Gasteiger partial charge in [-0.15, -0.1) is 0 Å². The zero-order valence-electron chi connectivity index (χ0n) is 8.22. The average molecular weight is 230 g/mol. The van der Waals surface area contributed by atoms with Crippen LogP contribution in [0, 0.1) is 17.0 Å². The smallest absolute Gasteiger partial charge is 0.310 e. The maximum Gasteiger partial charge on any atom is 0.310 e. The van der Waals surface area contributed by atoms with Crippen molar-refractivity contribution in [3.05, 3.63) is 27.8 Å². The highest BCUT2D eigenvalue weighted by Crippen LogP contribution is 2.32. The van der Waals surface area contributed by atoms with Gasteiger partial charge in [0.2, 0.25) is 0 Å². The van der Waals surface area contributed by atoms with Gasteiger partial charge in [0.1, 0.15) is 10.6 Å². The minimum atomic E-state index is -3.64. The number of nitrogen functional groups attached to an aromatic ring is 1. The number of nitro groups is 1. The van der Waals surface area contributed by atoms with Gasteiger partial charge in [-0.05, 0) is 18.6 Å². The van der Waals surface area contributed by atoms with Crippen LogP contribution in [0.3, 0.4) is 0 Å². The number of hydrogen-bond acceptors (Lipinski definition) is 5. The van der Waals surface area contributed by atoms with Crippen LogP contribution in [0.15, 0.2) is 17.0 Å². The molecule has 7 heteroatoms. The van der Waals surface area contributed by atoms with Gasteiger partial charge in [-0.2, -0.15) is 0 Å². The average Bonchev–Trinajstić information content (AvgIpc) is 2.06. The lowest BCUT2D eigenvalue weighted by atomic mass is 10.2. The second-order valence-corrected chi connectivity index (χ2v) is 5.16. The molecule has 82 valence electrons. The molecule has 0 amide bonds. The number of nitrogens with zero attached hydrogens (tertiary/aromatic N) is 1. The van der Waals surface area contributed by atoms with E-state index < -0.39 is 20.4 Å². The maximum absolute atomic E-state index is 11.3. The fourth-order valence-electron chi connectivity index (χ4n) is 1.18. The number of nitro benzene ring substituents is 1. The molecule has 0 saturated heterocycles. The van der Waals surface area contributed by atoms with E-state index >= 15 is 0 Å². The summed E-state index contributed by atoms with van der Waals surface area (Å²) in [6, 6.07) is 2.64. The summed E-state index contributed by atoms with van der Waals surface area (Å²) in [4.78, 5) is 9.57. The number of sulfone groups is 1. The summed E-state index contributed by atoms with van der Waals surface area (Å²) in [5.74, 6) is 0. The van der Waals surface area contributed by atoms with E-state index in [2.05, 4.69) is 0 Å². The first-order valence-electron chi connectivity index (χ1n) is 3.98. The van der Waals surface area contributed by atoms with Gasteiger partial charge >= 0.3 is 5.69 Å². The van der Waals surface area contributed by atoms with Gasteiger partial charge in [-0.25, -0.2) is 8.42 Å². The predicted octanol–water partition coefficient (Wildman–Crippen LogP) is 0.889. The van der Waals surface area contributed by atoms with Gasteiger partial charge in [0.15, 0.2) is 9.84 Å². The van der Waals surface area contributed by atoms with E-state index in [-0.39, 0.29) is 10.6 Å². The minimum absolute atomic E-state index is 0.108. The van der Waals surface area contributed by atoms with Crippen molar-refractivity contribution < 1.29 is 13.3 Å². The first-order valence-corrected chi connectivity index (χ1v) is 5.88. The molecule has 1 aromatic rings. The first-order chi connectivity index (χ1) is 6.75. The molecule has 1 aromatic carbocycles. The van der Waals surface area contributed by atoms with Crippen LogP contribution in [0.5, 0.6) is 0 Å². The van der Waals surface area contributed by atoms with Gasteiger partial charge in [0, 0.05) is 6.26 Å². The van der Waals surface area contributed by atoms with Crippen LogP contribution in [-0.4, -0.2) is 19.6 Å².